The quantitative estimate of drug-likeness (QED) is 0.840. The lowest BCUT2D eigenvalue weighted by Crippen LogP contribution is -2.42. The molecule has 1 aromatic carbocycles. The van der Waals surface area contributed by atoms with Gasteiger partial charge in [0.25, 0.3) is 5.91 Å². The monoisotopic (exact) mass is 267 g/mol. The number of alkyl halides is 1. The summed E-state index contributed by atoms with van der Waals surface area (Å²) in [6.45, 7) is 1.68. The second-order valence-electron chi connectivity index (χ2n) is 4.40. The number of hydrogen-bond donors (Lipinski definition) is 1. The summed E-state index contributed by atoms with van der Waals surface area (Å²) in [5, 5.41) is 10.5. The van der Waals surface area contributed by atoms with Crippen LogP contribution >= 0.6 is 11.6 Å². The molecule has 1 heterocycles. The SMILES string of the molecule is CC(=O)CC1(O)C(=O)N(CCCl)c2ccccc21. The first-order chi connectivity index (χ1) is 8.50. The first-order valence-electron chi connectivity index (χ1n) is 5.70. The number of ketones is 1. The van der Waals surface area contributed by atoms with Crippen LogP contribution in [-0.4, -0.2) is 29.2 Å². The highest BCUT2D eigenvalue weighted by atomic mass is 35.5. The zero-order chi connectivity index (χ0) is 13.3. The van der Waals surface area contributed by atoms with Gasteiger partial charge in [0.2, 0.25) is 0 Å². The fourth-order valence-corrected chi connectivity index (χ4v) is 2.51. The van der Waals surface area contributed by atoms with Gasteiger partial charge < -0.3 is 10.0 Å². The summed E-state index contributed by atoms with van der Waals surface area (Å²) in [7, 11) is 0. The van der Waals surface area contributed by atoms with Gasteiger partial charge in [-0.1, -0.05) is 18.2 Å². The number of carbonyl (C=O) groups is 2. The van der Waals surface area contributed by atoms with Gasteiger partial charge >= 0.3 is 0 Å². The van der Waals surface area contributed by atoms with Crippen molar-refractivity contribution in [1.82, 2.24) is 0 Å². The van der Waals surface area contributed by atoms with Crippen molar-refractivity contribution in [2.75, 3.05) is 17.3 Å². The van der Waals surface area contributed by atoms with Crippen LogP contribution in [0.4, 0.5) is 5.69 Å². The van der Waals surface area contributed by atoms with Crippen LogP contribution < -0.4 is 4.90 Å². The van der Waals surface area contributed by atoms with Crippen molar-refractivity contribution in [3.8, 4) is 0 Å². The average Bonchev–Trinajstić information content (AvgIpc) is 2.52. The van der Waals surface area contributed by atoms with Crippen molar-refractivity contribution in [1.29, 1.82) is 0 Å². The molecule has 1 N–H and O–H groups in total. The third-order valence-electron chi connectivity index (χ3n) is 3.05. The van der Waals surface area contributed by atoms with E-state index in [-0.39, 0.29) is 18.1 Å². The third kappa shape index (κ3) is 1.91. The van der Waals surface area contributed by atoms with E-state index in [9.17, 15) is 14.7 Å². The zero-order valence-electron chi connectivity index (χ0n) is 10.0. The van der Waals surface area contributed by atoms with E-state index in [1.807, 2.05) is 0 Å². The van der Waals surface area contributed by atoms with E-state index in [2.05, 4.69) is 0 Å². The number of halogens is 1. The fourth-order valence-electron chi connectivity index (χ4n) is 2.34. The summed E-state index contributed by atoms with van der Waals surface area (Å²) in [6, 6.07) is 6.94. The van der Waals surface area contributed by atoms with Crippen LogP contribution in [0.3, 0.4) is 0 Å². The predicted molar refractivity (Wildman–Crippen MR) is 68.7 cm³/mol. The lowest BCUT2D eigenvalue weighted by molar-refractivity contribution is -0.141. The van der Waals surface area contributed by atoms with Gasteiger partial charge in [-0.05, 0) is 13.0 Å². The largest absolute Gasteiger partial charge is 0.375 e. The van der Waals surface area contributed by atoms with Crippen molar-refractivity contribution in [3.05, 3.63) is 29.8 Å². The highest BCUT2D eigenvalue weighted by Crippen LogP contribution is 2.42. The van der Waals surface area contributed by atoms with Crippen LogP contribution in [0.15, 0.2) is 24.3 Å². The Balaban J connectivity index is 2.50. The number of nitrogens with zero attached hydrogens (tertiary/aromatic N) is 1. The number of rotatable bonds is 4. The molecule has 0 radical (unpaired) electrons. The maximum Gasteiger partial charge on any atom is 0.264 e. The molecule has 1 aliphatic heterocycles. The lowest BCUT2D eigenvalue weighted by Gasteiger charge is -2.21. The van der Waals surface area contributed by atoms with E-state index in [1.54, 1.807) is 24.3 Å². The van der Waals surface area contributed by atoms with Gasteiger partial charge in [-0.3, -0.25) is 9.59 Å². The summed E-state index contributed by atoms with van der Waals surface area (Å²) in [5.74, 6) is -0.427. The number of fused-ring (bicyclic) bond motifs is 1. The molecule has 96 valence electrons. The van der Waals surface area contributed by atoms with Gasteiger partial charge in [0.1, 0.15) is 5.78 Å². The number of Topliss-reactive ketones (excluding diaryl/α,β-unsaturated/α-hetero) is 1. The molecule has 0 bridgehead atoms. The Hall–Kier alpha value is -1.39. The highest BCUT2D eigenvalue weighted by molar-refractivity contribution is 6.19. The maximum absolute atomic E-state index is 12.3. The molecule has 5 heteroatoms. The number of hydrogen-bond acceptors (Lipinski definition) is 3. The zero-order valence-corrected chi connectivity index (χ0v) is 10.8. The molecule has 0 fully saturated rings. The standard InChI is InChI=1S/C13H14ClNO3/c1-9(16)8-13(18)10-4-2-3-5-11(10)15(7-6-14)12(13)17/h2-5,18H,6-8H2,1H3. The average molecular weight is 268 g/mol. The number of aliphatic hydroxyl groups is 1. The van der Waals surface area contributed by atoms with Gasteiger partial charge in [0.15, 0.2) is 5.60 Å². The first kappa shape index (κ1) is 13.1. The van der Waals surface area contributed by atoms with Crippen LogP contribution in [0, 0.1) is 0 Å². The fraction of sp³-hybridized carbons (Fsp3) is 0.385. The maximum atomic E-state index is 12.3. The van der Waals surface area contributed by atoms with Crippen molar-refractivity contribution in [2.24, 2.45) is 0 Å². The number of para-hydroxylation sites is 1. The minimum absolute atomic E-state index is 0.207. The molecule has 1 aromatic rings. The smallest absolute Gasteiger partial charge is 0.264 e. The Morgan fingerprint density at radius 1 is 1.44 bits per heavy atom. The Morgan fingerprint density at radius 2 is 2.11 bits per heavy atom. The molecule has 1 atom stereocenters. The van der Waals surface area contributed by atoms with Crippen LogP contribution in [0.2, 0.25) is 0 Å². The van der Waals surface area contributed by atoms with Gasteiger partial charge in [-0.25, -0.2) is 0 Å². The molecule has 0 saturated carbocycles. The predicted octanol–water partition coefficient (Wildman–Crippen LogP) is 1.44. The van der Waals surface area contributed by atoms with Crippen molar-refractivity contribution in [3.63, 3.8) is 0 Å². The lowest BCUT2D eigenvalue weighted by atomic mass is 9.90. The summed E-state index contributed by atoms with van der Waals surface area (Å²) < 4.78 is 0. The molecule has 0 aromatic heterocycles. The summed E-state index contributed by atoms with van der Waals surface area (Å²) in [6.07, 6.45) is -0.207. The molecule has 1 unspecified atom stereocenters. The van der Waals surface area contributed by atoms with E-state index < -0.39 is 11.5 Å². The van der Waals surface area contributed by atoms with E-state index >= 15 is 0 Å². The van der Waals surface area contributed by atoms with Crippen molar-refractivity contribution in [2.45, 2.75) is 18.9 Å². The molecular formula is C13H14ClNO3. The summed E-state index contributed by atoms with van der Waals surface area (Å²) in [4.78, 5) is 25.0. The molecule has 0 spiro atoms. The molecule has 0 aliphatic carbocycles. The van der Waals surface area contributed by atoms with E-state index in [0.29, 0.717) is 17.8 Å². The normalized spacial score (nSPS) is 22.2. The number of amides is 1. The molecule has 1 aliphatic rings. The number of benzene rings is 1. The number of carbonyl (C=O) groups excluding carboxylic acids is 2. The minimum atomic E-state index is -1.74. The molecule has 1 amide bonds. The topological polar surface area (TPSA) is 57.6 Å². The molecular weight excluding hydrogens is 254 g/mol. The van der Waals surface area contributed by atoms with Gasteiger partial charge in [-0.15, -0.1) is 11.6 Å². The Labute approximate surface area is 110 Å². The van der Waals surface area contributed by atoms with E-state index in [1.165, 1.54) is 11.8 Å². The second-order valence-corrected chi connectivity index (χ2v) is 4.78. The highest BCUT2D eigenvalue weighted by Gasteiger charge is 2.49. The summed E-state index contributed by atoms with van der Waals surface area (Å²) in [5.41, 5.74) is -0.628. The van der Waals surface area contributed by atoms with E-state index in [4.69, 9.17) is 11.6 Å². The van der Waals surface area contributed by atoms with Crippen LogP contribution in [0.25, 0.3) is 0 Å². The summed E-state index contributed by atoms with van der Waals surface area (Å²) >= 11 is 5.67. The first-order valence-corrected chi connectivity index (χ1v) is 6.23. The van der Waals surface area contributed by atoms with Crippen LogP contribution in [0.5, 0.6) is 0 Å². The molecule has 18 heavy (non-hydrogen) atoms. The van der Waals surface area contributed by atoms with Crippen molar-refractivity contribution >= 4 is 29.0 Å². The molecule has 2 rings (SSSR count). The Bertz CT molecular complexity index is 503. The van der Waals surface area contributed by atoms with Gasteiger partial charge in [0.05, 0.1) is 5.69 Å². The molecule has 0 saturated heterocycles. The van der Waals surface area contributed by atoms with Gasteiger partial charge in [-0.2, -0.15) is 0 Å². The number of anilines is 1. The molecule has 4 nitrogen and oxygen atoms in total. The van der Waals surface area contributed by atoms with Gasteiger partial charge in [0, 0.05) is 24.4 Å². The van der Waals surface area contributed by atoms with E-state index in [0.717, 1.165) is 0 Å². The Morgan fingerprint density at radius 3 is 2.72 bits per heavy atom. The third-order valence-corrected chi connectivity index (χ3v) is 3.22. The Kier molecular flexibility index (Phi) is 3.41. The van der Waals surface area contributed by atoms with Crippen molar-refractivity contribution < 1.29 is 14.7 Å². The van der Waals surface area contributed by atoms with Crippen LogP contribution in [0.1, 0.15) is 18.9 Å². The second kappa shape index (κ2) is 4.71. The van der Waals surface area contributed by atoms with Crippen LogP contribution in [-0.2, 0) is 15.2 Å². The minimum Gasteiger partial charge on any atom is -0.375 e.